The Morgan fingerprint density at radius 2 is 1.88 bits per heavy atom. The van der Waals surface area contributed by atoms with Gasteiger partial charge in [-0.25, -0.2) is 4.79 Å². The lowest BCUT2D eigenvalue weighted by Gasteiger charge is -2.16. The first-order chi connectivity index (χ1) is 8.01. The number of amides is 1. The summed E-state index contributed by atoms with van der Waals surface area (Å²) >= 11 is 0. The number of carbonyl (C=O) groups excluding carboxylic acids is 1. The molecule has 0 aliphatic carbocycles. The summed E-state index contributed by atoms with van der Waals surface area (Å²) in [5, 5.41) is 2.69. The molecule has 17 heavy (non-hydrogen) atoms. The van der Waals surface area contributed by atoms with E-state index in [4.69, 9.17) is 4.74 Å². The van der Waals surface area contributed by atoms with E-state index in [-0.39, 0.29) is 0 Å². The van der Waals surface area contributed by atoms with Gasteiger partial charge in [0.05, 0.1) is 14.2 Å². The second-order valence-corrected chi connectivity index (χ2v) is 3.97. The van der Waals surface area contributed by atoms with Crippen molar-refractivity contribution in [3.05, 3.63) is 28.3 Å². The van der Waals surface area contributed by atoms with Crippen molar-refractivity contribution in [1.82, 2.24) is 5.32 Å². The topological polar surface area (TPSA) is 47.6 Å². The van der Waals surface area contributed by atoms with Crippen LogP contribution in [0.1, 0.15) is 22.3 Å². The van der Waals surface area contributed by atoms with E-state index in [0.717, 1.165) is 28.0 Å². The molecule has 0 unspecified atom stereocenters. The van der Waals surface area contributed by atoms with E-state index in [9.17, 15) is 4.79 Å². The summed E-state index contributed by atoms with van der Waals surface area (Å²) < 4.78 is 9.85. The number of ether oxygens (including phenoxy) is 2. The molecule has 0 aliphatic heterocycles. The maximum atomic E-state index is 11.1. The number of hydrogen-bond acceptors (Lipinski definition) is 3. The van der Waals surface area contributed by atoms with E-state index < -0.39 is 6.09 Å². The second kappa shape index (κ2) is 5.57. The van der Waals surface area contributed by atoms with Crippen LogP contribution in [0.25, 0.3) is 0 Å². The Morgan fingerprint density at radius 3 is 2.41 bits per heavy atom. The molecular weight excluding hydrogens is 218 g/mol. The molecule has 1 rings (SSSR count). The zero-order valence-corrected chi connectivity index (χ0v) is 11.0. The highest BCUT2D eigenvalue weighted by molar-refractivity contribution is 5.67. The Hall–Kier alpha value is -1.71. The fourth-order valence-corrected chi connectivity index (χ4v) is 1.82. The molecule has 0 bridgehead atoms. The molecule has 0 aromatic heterocycles. The van der Waals surface area contributed by atoms with Crippen molar-refractivity contribution < 1.29 is 14.3 Å². The van der Waals surface area contributed by atoms with Crippen LogP contribution in [-0.2, 0) is 11.3 Å². The van der Waals surface area contributed by atoms with Gasteiger partial charge in [0.15, 0.2) is 0 Å². The molecule has 4 heteroatoms. The Bertz CT molecular complexity index is 427. The van der Waals surface area contributed by atoms with Crippen LogP contribution in [0.2, 0.25) is 0 Å². The largest absolute Gasteiger partial charge is 0.496 e. The van der Waals surface area contributed by atoms with Crippen molar-refractivity contribution in [3.8, 4) is 5.75 Å². The summed E-state index contributed by atoms with van der Waals surface area (Å²) in [7, 11) is 3.02. The minimum atomic E-state index is -0.419. The van der Waals surface area contributed by atoms with Crippen LogP contribution in [0.15, 0.2) is 6.07 Å². The van der Waals surface area contributed by atoms with Crippen LogP contribution in [0.4, 0.5) is 4.79 Å². The van der Waals surface area contributed by atoms with Gasteiger partial charge in [0.2, 0.25) is 0 Å². The number of aryl methyl sites for hydroxylation is 1. The van der Waals surface area contributed by atoms with Gasteiger partial charge in [-0.05, 0) is 49.1 Å². The molecule has 0 aliphatic rings. The highest BCUT2D eigenvalue weighted by atomic mass is 16.5. The highest BCUT2D eigenvalue weighted by Crippen LogP contribution is 2.27. The summed E-state index contributed by atoms with van der Waals surface area (Å²) in [5.41, 5.74) is 4.44. The van der Waals surface area contributed by atoms with Gasteiger partial charge in [0.1, 0.15) is 5.75 Å². The summed E-state index contributed by atoms with van der Waals surface area (Å²) in [4.78, 5) is 11.1. The van der Waals surface area contributed by atoms with Gasteiger partial charge in [0, 0.05) is 6.54 Å². The van der Waals surface area contributed by atoms with Crippen LogP contribution in [0, 0.1) is 20.8 Å². The fourth-order valence-electron chi connectivity index (χ4n) is 1.82. The Kier molecular flexibility index (Phi) is 4.37. The smallest absolute Gasteiger partial charge is 0.407 e. The van der Waals surface area contributed by atoms with Gasteiger partial charge in [-0.3, -0.25) is 0 Å². The third-order valence-corrected chi connectivity index (χ3v) is 3.02. The Balaban J connectivity index is 3.00. The van der Waals surface area contributed by atoms with Crippen LogP contribution in [0.3, 0.4) is 0 Å². The first-order valence-corrected chi connectivity index (χ1v) is 5.46. The average molecular weight is 237 g/mol. The highest BCUT2D eigenvalue weighted by Gasteiger charge is 2.11. The van der Waals surface area contributed by atoms with E-state index in [1.165, 1.54) is 7.11 Å². The molecule has 94 valence electrons. The van der Waals surface area contributed by atoms with E-state index in [0.29, 0.717) is 6.54 Å². The van der Waals surface area contributed by atoms with Crippen molar-refractivity contribution >= 4 is 6.09 Å². The van der Waals surface area contributed by atoms with Crippen molar-refractivity contribution in [2.24, 2.45) is 0 Å². The molecule has 0 fully saturated rings. The standard InChI is InChI=1S/C13H19NO3/c1-8-6-12(16-4)10(3)9(2)11(8)7-14-13(15)17-5/h6H,7H2,1-5H3,(H,14,15). The van der Waals surface area contributed by atoms with Crippen molar-refractivity contribution in [2.75, 3.05) is 14.2 Å². The Labute approximate surface area is 102 Å². The van der Waals surface area contributed by atoms with Crippen molar-refractivity contribution in [3.63, 3.8) is 0 Å². The molecule has 0 saturated heterocycles. The normalized spacial score (nSPS) is 9.94. The molecule has 1 amide bonds. The predicted molar refractivity (Wildman–Crippen MR) is 66.4 cm³/mol. The van der Waals surface area contributed by atoms with Gasteiger partial charge in [-0.2, -0.15) is 0 Å². The van der Waals surface area contributed by atoms with Gasteiger partial charge >= 0.3 is 6.09 Å². The molecule has 1 aromatic carbocycles. The number of hydrogen-bond donors (Lipinski definition) is 1. The molecule has 1 aromatic rings. The van der Waals surface area contributed by atoms with Crippen molar-refractivity contribution in [2.45, 2.75) is 27.3 Å². The van der Waals surface area contributed by atoms with E-state index in [1.54, 1.807) is 7.11 Å². The third-order valence-electron chi connectivity index (χ3n) is 3.02. The minimum absolute atomic E-state index is 0.419. The van der Waals surface area contributed by atoms with Crippen LogP contribution in [-0.4, -0.2) is 20.3 Å². The summed E-state index contributed by atoms with van der Waals surface area (Å²) in [6, 6.07) is 1.98. The number of rotatable bonds is 3. The summed E-state index contributed by atoms with van der Waals surface area (Å²) in [6.07, 6.45) is -0.419. The molecule has 1 N–H and O–H groups in total. The number of methoxy groups -OCH3 is 2. The van der Waals surface area contributed by atoms with E-state index >= 15 is 0 Å². The van der Waals surface area contributed by atoms with Gasteiger partial charge in [0.25, 0.3) is 0 Å². The van der Waals surface area contributed by atoms with Gasteiger partial charge in [-0.1, -0.05) is 0 Å². The maximum Gasteiger partial charge on any atom is 0.407 e. The molecule has 0 atom stereocenters. The maximum absolute atomic E-state index is 11.1. The zero-order chi connectivity index (χ0) is 13.0. The van der Waals surface area contributed by atoms with Gasteiger partial charge < -0.3 is 14.8 Å². The SMILES string of the molecule is COC(=O)NCc1c(C)cc(OC)c(C)c1C. The van der Waals surface area contributed by atoms with E-state index in [1.807, 2.05) is 26.8 Å². The number of alkyl carbamates (subject to hydrolysis) is 1. The third kappa shape index (κ3) is 2.90. The summed E-state index contributed by atoms with van der Waals surface area (Å²) in [5.74, 6) is 0.877. The second-order valence-electron chi connectivity index (χ2n) is 3.97. The molecule has 0 heterocycles. The molecule has 4 nitrogen and oxygen atoms in total. The lowest BCUT2D eigenvalue weighted by atomic mass is 9.97. The van der Waals surface area contributed by atoms with Crippen molar-refractivity contribution in [1.29, 1.82) is 0 Å². The number of benzene rings is 1. The van der Waals surface area contributed by atoms with Gasteiger partial charge in [-0.15, -0.1) is 0 Å². The quantitative estimate of drug-likeness (QED) is 0.878. The van der Waals surface area contributed by atoms with Crippen LogP contribution >= 0.6 is 0 Å². The molecule has 0 spiro atoms. The monoisotopic (exact) mass is 237 g/mol. The van der Waals surface area contributed by atoms with E-state index in [2.05, 4.69) is 10.1 Å². The predicted octanol–water partition coefficient (Wildman–Crippen LogP) is 2.48. The minimum Gasteiger partial charge on any atom is -0.496 e. The van der Waals surface area contributed by atoms with Crippen LogP contribution in [0.5, 0.6) is 5.75 Å². The fraction of sp³-hybridized carbons (Fsp3) is 0.462. The number of carbonyl (C=O) groups is 1. The Morgan fingerprint density at radius 1 is 1.24 bits per heavy atom. The zero-order valence-electron chi connectivity index (χ0n) is 11.0. The lowest BCUT2D eigenvalue weighted by Crippen LogP contribution is -2.23. The average Bonchev–Trinajstić information content (AvgIpc) is 2.33. The summed E-state index contributed by atoms with van der Waals surface area (Å²) in [6.45, 7) is 6.51. The first-order valence-electron chi connectivity index (χ1n) is 5.46. The number of nitrogens with one attached hydrogen (secondary N) is 1. The molecule has 0 radical (unpaired) electrons. The molecular formula is C13H19NO3. The van der Waals surface area contributed by atoms with Crippen LogP contribution < -0.4 is 10.1 Å². The molecule has 0 saturated carbocycles. The lowest BCUT2D eigenvalue weighted by molar-refractivity contribution is 0.170. The first kappa shape index (κ1) is 13.4.